The molecule has 0 aliphatic carbocycles. The Morgan fingerprint density at radius 1 is 1.73 bits per heavy atom. The topological polar surface area (TPSA) is 37.3 Å². The first kappa shape index (κ1) is 10.8. The third-order valence-electron chi connectivity index (χ3n) is 1.90. The fourth-order valence-corrected chi connectivity index (χ4v) is 1.22. The average Bonchev–Trinajstić information content (AvgIpc) is 1.86. The van der Waals surface area contributed by atoms with Gasteiger partial charge in [-0.3, -0.25) is 4.79 Å². The molecule has 0 aromatic rings. The van der Waals surface area contributed by atoms with E-state index < -0.39 is 10.7 Å². The molecule has 0 spiro atoms. The molecule has 0 aromatic heterocycles. The van der Waals surface area contributed by atoms with Gasteiger partial charge in [0.25, 0.3) is 0 Å². The van der Waals surface area contributed by atoms with E-state index in [2.05, 4.69) is 19.6 Å². The van der Waals surface area contributed by atoms with Crippen LogP contribution in [0.3, 0.4) is 0 Å². The second kappa shape index (κ2) is 4.00. The van der Waals surface area contributed by atoms with E-state index in [0.717, 1.165) is 6.42 Å². The van der Waals surface area contributed by atoms with E-state index in [0.29, 0.717) is 12.3 Å². The smallest absolute Gasteiger partial charge is 0.319 e. The summed E-state index contributed by atoms with van der Waals surface area (Å²) in [7, 11) is 0. The molecule has 1 N–H and O–H groups in total. The van der Waals surface area contributed by atoms with E-state index in [1.54, 1.807) is 6.92 Å². The fourth-order valence-electron chi connectivity index (χ4n) is 0.910. The number of carbonyl (C=O) groups is 1. The molecular formula is C8H16O2S. The van der Waals surface area contributed by atoms with Crippen LogP contribution in [0.1, 0.15) is 33.6 Å². The van der Waals surface area contributed by atoms with E-state index in [1.807, 2.05) is 6.92 Å². The van der Waals surface area contributed by atoms with Crippen LogP contribution < -0.4 is 0 Å². The minimum absolute atomic E-state index is 0.425. The second-order valence-corrected chi connectivity index (χ2v) is 4.28. The minimum Gasteiger partial charge on any atom is -0.480 e. The molecule has 2 nitrogen and oxygen atoms in total. The summed E-state index contributed by atoms with van der Waals surface area (Å²) < 4.78 is -0.866. The fraction of sp³-hybridized carbons (Fsp3) is 0.875. The third kappa shape index (κ3) is 3.65. The van der Waals surface area contributed by atoms with Crippen molar-refractivity contribution >= 4 is 18.6 Å². The Balaban J connectivity index is 4.01. The molecule has 2 atom stereocenters. The number of hydrogen-bond donors (Lipinski definition) is 2. The van der Waals surface area contributed by atoms with Gasteiger partial charge in [-0.1, -0.05) is 20.3 Å². The molecule has 11 heavy (non-hydrogen) atoms. The van der Waals surface area contributed by atoms with E-state index in [9.17, 15) is 4.79 Å². The van der Waals surface area contributed by atoms with Crippen LogP contribution in [-0.4, -0.2) is 15.8 Å². The second-order valence-electron chi connectivity index (χ2n) is 3.30. The summed E-state index contributed by atoms with van der Waals surface area (Å²) in [6.07, 6.45) is 1.63. The Labute approximate surface area is 73.4 Å². The molecule has 0 bridgehead atoms. The lowest BCUT2D eigenvalue weighted by atomic mass is 9.95. The highest BCUT2D eigenvalue weighted by Crippen LogP contribution is 2.25. The van der Waals surface area contributed by atoms with Gasteiger partial charge in [-0.05, 0) is 19.3 Å². The molecule has 0 aliphatic heterocycles. The zero-order chi connectivity index (χ0) is 9.07. The first-order valence-corrected chi connectivity index (χ1v) is 4.30. The SMILES string of the molecule is CCC(C)CC(C)(S)C(=O)O. The largest absolute Gasteiger partial charge is 0.480 e. The van der Waals surface area contributed by atoms with Crippen LogP contribution in [0.5, 0.6) is 0 Å². The van der Waals surface area contributed by atoms with Gasteiger partial charge in [0.1, 0.15) is 4.75 Å². The monoisotopic (exact) mass is 176 g/mol. The predicted molar refractivity (Wildman–Crippen MR) is 49.1 cm³/mol. The lowest BCUT2D eigenvalue weighted by Gasteiger charge is -2.21. The third-order valence-corrected chi connectivity index (χ3v) is 2.28. The van der Waals surface area contributed by atoms with Crippen LogP contribution in [-0.2, 0) is 4.79 Å². The molecule has 0 saturated heterocycles. The van der Waals surface area contributed by atoms with Crippen LogP contribution in [0.4, 0.5) is 0 Å². The zero-order valence-corrected chi connectivity index (χ0v) is 8.19. The van der Waals surface area contributed by atoms with E-state index >= 15 is 0 Å². The summed E-state index contributed by atoms with van der Waals surface area (Å²) in [5.41, 5.74) is 0. The molecule has 2 unspecified atom stereocenters. The van der Waals surface area contributed by atoms with Crippen LogP contribution in [0, 0.1) is 5.92 Å². The summed E-state index contributed by atoms with van der Waals surface area (Å²) in [4.78, 5) is 10.6. The number of carboxylic acid groups (broad SMARTS) is 1. The summed E-state index contributed by atoms with van der Waals surface area (Å²) >= 11 is 4.08. The van der Waals surface area contributed by atoms with Crippen molar-refractivity contribution in [1.29, 1.82) is 0 Å². The normalized spacial score (nSPS) is 18.9. The molecule has 0 rings (SSSR count). The number of rotatable bonds is 4. The Hall–Kier alpha value is -0.180. The zero-order valence-electron chi connectivity index (χ0n) is 7.29. The summed E-state index contributed by atoms with van der Waals surface area (Å²) in [5, 5.41) is 8.71. The van der Waals surface area contributed by atoms with Gasteiger partial charge >= 0.3 is 5.97 Å². The van der Waals surface area contributed by atoms with E-state index in [1.165, 1.54) is 0 Å². The molecule has 0 aliphatic rings. The first-order valence-electron chi connectivity index (χ1n) is 3.86. The number of aliphatic carboxylic acids is 1. The number of thiol groups is 1. The Morgan fingerprint density at radius 2 is 2.18 bits per heavy atom. The minimum atomic E-state index is -0.866. The first-order chi connectivity index (χ1) is 4.90. The van der Waals surface area contributed by atoms with Crippen molar-refractivity contribution in [3.05, 3.63) is 0 Å². The molecular weight excluding hydrogens is 160 g/mol. The Bertz CT molecular complexity index is 143. The average molecular weight is 176 g/mol. The number of carboxylic acids is 1. The highest BCUT2D eigenvalue weighted by molar-refractivity contribution is 7.82. The van der Waals surface area contributed by atoms with Crippen LogP contribution in [0.25, 0.3) is 0 Å². The van der Waals surface area contributed by atoms with Crippen LogP contribution >= 0.6 is 12.6 Å². The van der Waals surface area contributed by atoms with Gasteiger partial charge in [0.15, 0.2) is 0 Å². The van der Waals surface area contributed by atoms with Crippen molar-refractivity contribution in [2.75, 3.05) is 0 Å². The lowest BCUT2D eigenvalue weighted by Crippen LogP contribution is -2.30. The van der Waals surface area contributed by atoms with Crippen molar-refractivity contribution < 1.29 is 9.90 Å². The molecule has 0 fully saturated rings. The molecule has 0 aromatic carbocycles. The van der Waals surface area contributed by atoms with Gasteiger partial charge in [-0.25, -0.2) is 0 Å². The molecule has 0 radical (unpaired) electrons. The molecule has 0 heterocycles. The maximum atomic E-state index is 10.6. The van der Waals surface area contributed by atoms with Gasteiger partial charge in [-0.2, -0.15) is 12.6 Å². The number of hydrogen-bond acceptors (Lipinski definition) is 2. The van der Waals surface area contributed by atoms with Gasteiger partial charge in [0.2, 0.25) is 0 Å². The van der Waals surface area contributed by atoms with Gasteiger partial charge in [-0.15, -0.1) is 0 Å². The van der Waals surface area contributed by atoms with Crippen molar-refractivity contribution in [1.82, 2.24) is 0 Å². The van der Waals surface area contributed by atoms with E-state index in [4.69, 9.17) is 5.11 Å². The van der Waals surface area contributed by atoms with Crippen molar-refractivity contribution in [2.45, 2.75) is 38.4 Å². The van der Waals surface area contributed by atoms with Crippen molar-refractivity contribution in [3.63, 3.8) is 0 Å². The maximum Gasteiger partial charge on any atom is 0.319 e. The predicted octanol–water partition coefficient (Wildman–Crippen LogP) is 2.20. The maximum absolute atomic E-state index is 10.6. The summed E-state index contributed by atoms with van der Waals surface area (Å²) in [6, 6.07) is 0. The molecule has 0 saturated carbocycles. The quantitative estimate of drug-likeness (QED) is 0.644. The van der Waals surface area contributed by atoms with Gasteiger partial charge in [0, 0.05) is 0 Å². The summed E-state index contributed by atoms with van der Waals surface area (Å²) in [6.45, 7) is 5.73. The Kier molecular flexibility index (Phi) is 3.93. The molecule has 0 amide bonds. The Morgan fingerprint density at radius 3 is 2.45 bits per heavy atom. The van der Waals surface area contributed by atoms with Crippen molar-refractivity contribution in [3.8, 4) is 0 Å². The van der Waals surface area contributed by atoms with Crippen LogP contribution in [0.2, 0.25) is 0 Å². The van der Waals surface area contributed by atoms with Gasteiger partial charge in [0.05, 0.1) is 0 Å². The highest BCUT2D eigenvalue weighted by Gasteiger charge is 2.29. The van der Waals surface area contributed by atoms with Crippen LogP contribution in [0.15, 0.2) is 0 Å². The summed E-state index contributed by atoms with van der Waals surface area (Å²) in [5.74, 6) is -0.408. The van der Waals surface area contributed by atoms with E-state index in [-0.39, 0.29) is 0 Å². The highest BCUT2D eigenvalue weighted by atomic mass is 32.1. The lowest BCUT2D eigenvalue weighted by molar-refractivity contribution is -0.139. The standard InChI is InChI=1S/C8H16O2S/c1-4-6(2)5-8(3,11)7(9)10/h6,11H,4-5H2,1-3H3,(H,9,10). The molecule has 66 valence electrons. The van der Waals surface area contributed by atoms with Gasteiger partial charge < -0.3 is 5.11 Å². The molecule has 3 heteroatoms. The van der Waals surface area contributed by atoms with Crippen molar-refractivity contribution in [2.24, 2.45) is 5.92 Å².